The zero-order chi connectivity index (χ0) is 19.4. The summed E-state index contributed by atoms with van der Waals surface area (Å²) < 4.78 is 13.7. The van der Waals surface area contributed by atoms with Crippen LogP contribution in [-0.4, -0.2) is 75.9 Å². The molecule has 3 aromatic heterocycles. The Morgan fingerprint density at radius 3 is 2.83 bits per heavy atom. The molecule has 0 saturated carbocycles. The van der Waals surface area contributed by atoms with Crippen molar-refractivity contribution >= 4 is 17.0 Å². The van der Waals surface area contributed by atoms with Gasteiger partial charge in [0.15, 0.2) is 11.6 Å². The first-order valence-electron chi connectivity index (χ1n) is 10.4. The Bertz CT molecular complexity index is 1010. The van der Waals surface area contributed by atoms with Gasteiger partial charge in [0.25, 0.3) is 0 Å². The summed E-state index contributed by atoms with van der Waals surface area (Å²) >= 11 is 0. The van der Waals surface area contributed by atoms with E-state index in [0.29, 0.717) is 18.2 Å². The second-order valence-corrected chi connectivity index (χ2v) is 8.21. The van der Waals surface area contributed by atoms with Crippen molar-refractivity contribution in [3.8, 4) is 11.5 Å². The molecule has 9 nitrogen and oxygen atoms in total. The number of aromatic nitrogens is 5. The number of rotatable bonds is 3. The predicted octanol–water partition coefficient (Wildman–Crippen LogP) is 1.71. The topological polar surface area (TPSA) is 83.8 Å². The van der Waals surface area contributed by atoms with Crippen LogP contribution < -0.4 is 9.80 Å². The molecule has 3 fully saturated rings. The van der Waals surface area contributed by atoms with E-state index in [1.807, 2.05) is 23.0 Å². The lowest BCUT2D eigenvalue weighted by Crippen LogP contribution is -2.45. The molecule has 3 saturated heterocycles. The summed E-state index contributed by atoms with van der Waals surface area (Å²) in [6.45, 7) is 6.30. The van der Waals surface area contributed by atoms with Gasteiger partial charge in [-0.05, 0) is 25.8 Å². The van der Waals surface area contributed by atoms with Crippen molar-refractivity contribution in [2.24, 2.45) is 0 Å². The van der Waals surface area contributed by atoms with Crippen LogP contribution in [-0.2, 0) is 9.47 Å². The summed E-state index contributed by atoms with van der Waals surface area (Å²) in [5.74, 6) is 1.72. The molecule has 0 spiro atoms. The molecule has 2 bridgehead atoms. The first kappa shape index (κ1) is 17.2. The minimum atomic E-state index is 0.299. The van der Waals surface area contributed by atoms with E-state index in [1.54, 1.807) is 0 Å². The van der Waals surface area contributed by atoms with E-state index in [9.17, 15) is 0 Å². The number of aromatic amines is 1. The smallest absolute Gasteiger partial charge is 0.182 e. The third-order valence-electron chi connectivity index (χ3n) is 6.24. The second-order valence-electron chi connectivity index (χ2n) is 8.21. The van der Waals surface area contributed by atoms with Crippen LogP contribution in [0.1, 0.15) is 19.8 Å². The van der Waals surface area contributed by atoms with Crippen LogP contribution in [0.25, 0.3) is 17.0 Å². The average molecular weight is 395 g/mol. The van der Waals surface area contributed by atoms with Gasteiger partial charge in [-0.2, -0.15) is 5.10 Å². The zero-order valence-corrected chi connectivity index (χ0v) is 16.5. The Hall–Kier alpha value is -2.65. The molecule has 0 radical (unpaired) electrons. The van der Waals surface area contributed by atoms with Gasteiger partial charge in [-0.25, -0.2) is 9.50 Å². The third kappa shape index (κ3) is 2.87. The van der Waals surface area contributed by atoms with Crippen molar-refractivity contribution in [1.82, 2.24) is 24.8 Å². The Labute approximate surface area is 168 Å². The summed E-state index contributed by atoms with van der Waals surface area (Å²) in [5.41, 5.74) is 2.94. The fraction of sp³-hybridized carbons (Fsp3) is 0.550. The lowest BCUT2D eigenvalue weighted by atomic mass is 10.2. The van der Waals surface area contributed by atoms with Crippen LogP contribution in [0.2, 0.25) is 0 Å². The van der Waals surface area contributed by atoms with Crippen LogP contribution in [0, 0.1) is 0 Å². The fourth-order valence-electron chi connectivity index (χ4n) is 4.78. The molecule has 1 N–H and O–H groups in total. The summed E-state index contributed by atoms with van der Waals surface area (Å²) in [6, 6.07) is 4.44. The third-order valence-corrected chi connectivity index (χ3v) is 6.24. The number of nitrogens with one attached hydrogen (secondary N) is 1. The second kappa shape index (κ2) is 6.70. The molecule has 29 heavy (non-hydrogen) atoms. The standard InChI is InChI=1S/C20H25N7O2/c1-13-12-28-7-6-26(13)17-8-19(25-10-14-2-3-15(11-25)29-14)24-27-18(17)9-21-20(27)16-4-5-22-23-16/h4-5,8-9,13-15H,2-3,6-7,10-12H2,1H3,(H,22,23)/t13-,14?,15?/m0/s1. The van der Waals surface area contributed by atoms with Gasteiger partial charge in [0.05, 0.1) is 37.3 Å². The van der Waals surface area contributed by atoms with Crippen molar-refractivity contribution in [3.05, 3.63) is 24.5 Å². The molecule has 152 valence electrons. The maximum atomic E-state index is 6.04. The van der Waals surface area contributed by atoms with Crippen LogP contribution >= 0.6 is 0 Å². The van der Waals surface area contributed by atoms with Crippen molar-refractivity contribution in [2.45, 2.75) is 38.0 Å². The molecule has 3 atom stereocenters. The molecule has 0 amide bonds. The Kier molecular flexibility index (Phi) is 3.98. The number of anilines is 2. The molecular weight excluding hydrogens is 370 g/mol. The van der Waals surface area contributed by atoms with Gasteiger partial charge >= 0.3 is 0 Å². The predicted molar refractivity (Wildman–Crippen MR) is 108 cm³/mol. The Balaban J connectivity index is 1.50. The van der Waals surface area contributed by atoms with E-state index in [2.05, 4.69) is 38.0 Å². The van der Waals surface area contributed by atoms with Gasteiger partial charge in [0.1, 0.15) is 11.2 Å². The highest BCUT2D eigenvalue weighted by Gasteiger charge is 2.35. The van der Waals surface area contributed by atoms with E-state index in [1.165, 1.54) is 0 Å². The summed E-state index contributed by atoms with van der Waals surface area (Å²) in [6.07, 6.45) is 6.61. The highest BCUT2D eigenvalue weighted by molar-refractivity contribution is 5.78. The Morgan fingerprint density at radius 2 is 2.07 bits per heavy atom. The van der Waals surface area contributed by atoms with Crippen molar-refractivity contribution in [1.29, 1.82) is 0 Å². The average Bonchev–Trinajstić information content (AvgIpc) is 3.47. The molecule has 3 aliphatic rings. The quantitative estimate of drug-likeness (QED) is 0.723. The Morgan fingerprint density at radius 1 is 1.21 bits per heavy atom. The fourth-order valence-corrected chi connectivity index (χ4v) is 4.78. The number of imidazole rings is 1. The van der Waals surface area contributed by atoms with Crippen LogP contribution in [0.4, 0.5) is 11.5 Å². The van der Waals surface area contributed by atoms with Gasteiger partial charge in [0, 0.05) is 37.9 Å². The molecule has 9 heteroatoms. The number of fused-ring (bicyclic) bond motifs is 3. The number of hydrogen-bond donors (Lipinski definition) is 1. The number of nitrogens with zero attached hydrogens (tertiary/aromatic N) is 6. The van der Waals surface area contributed by atoms with E-state index in [0.717, 1.165) is 74.2 Å². The molecule has 6 rings (SSSR count). The number of ether oxygens (including phenoxy) is 2. The summed E-state index contributed by atoms with van der Waals surface area (Å²) in [4.78, 5) is 9.44. The van der Waals surface area contributed by atoms with Crippen molar-refractivity contribution in [2.75, 3.05) is 42.6 Å². The molecule has 2 unspecified atom stereocenters. The van der Waals surface area contributed by atoms with Gasteiger partial charge in [-0.15, -0.1) is 5.10 Å². The van der Waals surface area contributed by atoms with Gasteiger partial charge < -0.3 is 19.3 Å². The normalized spacial score (nSPS) is 27.1. The molecule has 3 aromatic rings. The van der Waals surface area contributed by atoms with E-state index >= 15 is 0 Å². The lowest BCUT2D eigenvalue weighted by Gasteiger charge is -2.37. The SMILES string of the molecule is C[C@H]1COCCN1c1cc(N2CC3CCC(C2)O3)nn2c(-c3cc[nH]n3)ncc12. The van der Waals surface area contributed by atoms with Crippen molar-refractivity contribution in [3.63, 3.8) is 0 Å². The maximum Gasteiger partial charge on any atom is 0.182 e. The molecule has 6 heterocycles. The highest BCUT2D eigenvalue weighted by atomic mass is 16.5. The minimum Gasteiger partial charge on any atom is -0.377 e. The summed E-state index contributed by atoms with van der Waals surface area (Å²) in [5, 5.41) is 12.2. The largest absolute Gasteiger partial charge is 0.377 e. The highest BCUT2D eigenvalue weighted by Crippen LogP contribution is 2.34. The van der Waals surface area contributed by atoms with Gasteiger partial charge in [-0.1, -0.05) is 0 Å². The number of morpholine rings is 2. The number of hydrogen-bond acceptors (Lipinski definition) is 7. The van der Waals surface area contributed by atoms with E-state index in [-0.39, 0.29) is 0 Å². The molecular formula is C20H25N7O2. The van der Waals surface area contributed by atoms with Gasteiger partial charge in [-0.3, -0.25) is 5.10 Å². The zero-order valence-electron chi connectivity index (χ0n) is 16.5. The molecule has 0 aliphatic carbocycles. The maximum absolute atomic E-state index is 6.04. The first-order chi connectivity index (χ1) is 14.3. The van der Waals surface area contributed by atoms with Crippen LogP contribution in [0.3, 0.4) is 0 Å². The summed E-state index contributed by atoms with van der Waals surface area (Å²) in [7, 11) is 0. The monoisotopic (exact) mass is 395 g/mol. The minimum absolute atomic E-state index is 0.299. The molecule has 0 aromatic carbocycles. The van der Waals surface area contributed by atoms with Gasteiger partial charge in [0.2, 0.25) is 0 Å². The lowest BCUT2D eigenvalue weighted by molar-refractivity contribution is 0.0301. The van der Waals surface area contributed by atoms with Crippen LogP contribution in [0.15, 0.2) is 24.5 Å². The molecule has 3 aliphatic heterocycles. The van der Waals surface area contributed by atoms with E-state index < -0.39 is 0 Å². The first-order valence-corrected chi connectivity index (χ1v) is 10.4. The van der Waals surface area contributed by atoms with Crippen molar-refractivity contribution < 1.29 is 9.47 Å². The number of H-pyrrole nitrogens is 1. The van der Waals surface area contributed by atoms with E-state index in [4.69, 9.17) is 14.6 Å². The van der Waals surface area contributed by atoms with Crippen LogP contribution in [0.5, 0.6) is 0 Å².